The number of carbonyl (C=O) groups is 1. The van der Waals surface area contributed by atoms with Crippen molar-refractivity contribution in [2.75, 3.05) is 13.2 Å². The summed E-state index contributed by atoms with van der Waals surface area (Å²) in [6, 6.07) is 0. The molecule has 0 aromatic rings. The molecular weight excluding hydrogens is 154 g/mol. The molecule has 0 aliphatic carbocycles. The molecule has 12 heavy (non-hydrogen) atoms. The van der Waals surface area contributed by atoms with Gasteiger partial charge in [-0.1, -0.05) is 6.92 Å². The SMILES string of the molecule is CCCN/C(C)=C/C(=O)OCC. The molecule has 1 N–H and O–H groups in total. The molecule has 0 unspecified atom stereocenters. The molecule has 3 nitrogen and oxygen atoms in total. The molecule has 0 rings (SSSR count). The van der Waals surface area contributed by atoms with E-state index in [2.05, 4.69) is 12.2 Å². The van der Waals surface area contributed by atoms with E-state index in [-0.39, 0.29) is 5.97 Å². The predicted molar refractivity (Wildman–Crippen MR) is 48.7 cm³/mol. The minimum Gasteiger partial charge on any atom is -0.463 e. The van der Waals surface area contributed by atoms with Crippen molar-refractivity contribution in [1.29, 1.82) is 0 Å². The number of carbonyl (C=O) groups excluding carboxylic acids is 1. The third-order valence-corrected chi connectivity index (χ3v) is 1.27. The monoisotopic (exact) mass is 171 g/mol. The van der Waals surface area contributed by atoms with Gasteiger partial charge in [-0.25, -0.2) is 4.79 Å². The van der Waals surface area contributed by atoms with Crippen LogP contribution in [0.15, 0.2) is 11.8 Å². The van der Waals surface area contributed by atoms with Gasteiger partial charge < -0.3 is 10.1 Å². The minimum absolute atomic E-state index is 0.279. The van der Waals surface area contributed by atoms with Gasteiger partial charge in [0.2, 0.25) is 0 Å². The van der Waals surface area contributed by atoms with Crippen molar-refractivity contribution < 1.29 is 9.53 Å². The van der Waals surface area contributed by atoms with Crippen LogP contribution in [0.2, 0.25) is 0 Å². The predicted octanol–water partition coefficient (Wildman–Crippen LogP) is 1.45. The maximum absolute atomic E-state index is 10.9. The standard InChI is InChI=1S/C9H17NO2/c1-4-6-10-8(3)7-9(11)12-5-2/h7,10H,4-6H2,1-3H3/b8-7+. The lowest BCUT2D eigenvalue weighted by Crippen LogP contribution is -2.13. The van der Waals surface area contributed by atoms with Crippen molar-refractivity contribution in [3.63, 3.8) is 0 Å². The number of rotatable bonds is 5. The summed E-state index contributed by atoms with van der Waals surface area (Å²) < 4.78 is 4.74. The Morgan fingerprint density at radius 3 is 2.67 bits per heavy atom. The minimum atomic E-state index is -0.279. The highest BCUT2D eigenvalue weighted by molar-refractivity contribution is 5.82. The molecule has 0 saturated heterocycles. The van der Waals surface area contributed by atoms with E-state index in [1.54, 1.807) is 6.92 Å². The molecule has 3 heteroatoms. The third kappa shape index (κ3) is 5.77. The van der Waals surface area contributed by atoms with E-state index in [4.69, 9.17) is 4.74 Å². The quantitative estimate of drug-likeness (QED) is 0.502. The summed E-state index contributed by atoms with van der Waals surface area (Å²) in [7, 11) is 0. The molecule has 0 aliphatic heterocycles. The van der Waals surface area contributed by atoms with E-state index >= 15 is 0 Å². The van der Waals surface area contributed by atoms with Crippen LogP contribution >= 0.6 is 0 Å². The van der Waals surface area contributed by atoms with Gasteiger partial charge in [-0.15, -0.1) is 0 Å². The second-order valence-electron chi connectivity index (χ2n) is 2.51. The summed E-state index contributed by atoms with van der Waals surface area (Å²) in [6.07, 6.45) is 2.52. The first-order valence-electron chi connectivity index (χ1n) is 4.29. The Kier molecular flexibility index (Phi) is 6.15. The Morgan fingerprint density at radius 2 is 2.17 bits per heavy atom. The van der Waals surface area contributed by atoms with Crippen LogP contribution in [0.25, 0.3) is 0 Å². The number of esters is 1. The van der Waals surface area contributed by atoms with Crippen molar-refractivity contribution in [3.8, 4) is 0 Å². The molecule has 0 aliphatic rings. The molecule has 70 valence electrons. The van der Waals surface area contributed by atoms with E-state index in [1.807, 2.05) is 6.92 Å². The first-order valence-corrected chi connectivity index (χ1v) is 4.29. The van der Waals surface area contributed by atoms with Crippen LogP contribution in [0, 0.1) is 0 Å². The van der Waals surface area contributed by atoms with Gasteiger partial charge in [-0.3, -0.25) is 0 Å². The summed E-state index contributed by atoms with van der Waals surface area (Å²) >= 11 is 0. The number of allylic oxidation sites excluding steroid dienone is 1. The maximum Gasteiger partial charge on any atom is 0.332 e. The van der Waals surface area contributed by atoms with E-state index in [0.717, 1.165) is 18.7 Å². The van der Waals surface area contributed by atoms with Crippen LogP contribution in [-0.4, -0.2) is 19.1 Å². The Bertz CT molecular complexity index is 164. The summed E-state index contributed by atoms with van der Waals surface area (Å²) in [6.45, 7) is 7.04. The molecular formula is C9H17NO2. The lowest BCUT2D eigenvalue weighted by Gasteiger charge is -2.03. The zero-order valence-electron chi connectivity index (χ0n) is 8.02. The van der Waals surface area contributed by atoms with E-state index in [0.29, 0.717) is 6.61 Å². The highest BCUT2D eigenvalue weighted by atomic mass is 16.5. The summed E-state index contributed by atoms with van der Waals surface area (Å²) in [5.74, 6) is -0.279. The first kappa shape index (κ1) is 11.0. The van der Waals surface area contributed by atoms with Gasteiger partial charge in [0.15, 0.2) is 0 Å². The number of hydrogen-bond acceptors (Lipinski definition) is 3. The third-order valence-electron chi connectivity index (χ3n) is 1.27. The van der Waals surface area contributed by atoms with Crippen LogP contribution in [0.1, 0.15) is 27.2 Å². The molecule has 0 radical (unpaired) electrons. The highest BCUT2D eigenvalue weighted by Crippen LogP contribution is 1.89. The van der Waals surface area contributed by atoms with Gasteiger partial charge in [0, 0.05) is 18.3 Å². The van der Waals surface area contributed by atoms with Gasteiger partial charge >= 0.3 is 5.97 Å². The summed E-state index contributed by atoms with van der Waals surface area (Å²) in [4.78, 5) is 10.9. The molecule has 0 aromatic carbocycles. The van der Waals surface area contributed by atoms with Crippen molar-refractivity contribution in [3.05, 3.63) is 11.8 Å². The molecule has 0 atom stereocenters. The van der Waals surface area contributed by atoms with Crippen molar-refractivity contribution in [1.82, 2.24) is 5.32 Å². The fraction of sp³-hybridized carbons (Fsp3) is 0.667. The first-order chi connectivity index (χ1) is 5.70. The topological polar surface area (TPSA) is 38.3 Å². The largest absolute Gasteiger partial charge is 0.463 e. The van der Waals surface area contributed by atoms with Crippen molar-refractivity contribution in [2.24, 2.45) is 0 Å². The normalized spacial score (nSPS) is 11.1. The van der Waals surface area contributed by atoms with Gasteiger partial charge in [0.25, 0.3) is 0 Å². The van der Waals surface area contributed by atoms with Crippen molar-refractivity contribution in [2.45, 2.75) is 27.2 Å². The second kappa shape index (κ2) is 6.70. The van der Waals surface area contributed by atoms with Crippen LogP contribution in [0.3, 0.4) is 0 Å². The average molecular weight is 171 g/mol. The fourth-order valence-electron chi connectivity index (χ4n) is 0.734. The fourth-order valence-corrected chi connectivity index (χ4v) is 0.734. The molecule has 0 heterocycles. The molecule has 0 fully saturated rings. The van der Waals surface area contributed by atoms with Gasteiger partial charge in [-0.05, 0) is 20.3 Å². The van der Waals surface area contributed by atoms with E-state index in [1.165, 1.54) is 6.08 Å². The highest BCUT2D eigenvalue weighted by Gasteiger charge is 1.95. The number of ether oxygens (including phenoxy) is 1. The van der Waals surface area contributed by atoms with E-state index in [9.17, 15) is 4.79 Å². The molecule has 0 bridgehead atoms. The van der Waals surface area contributed by atoms with Crippen molar-refractivity contribution >= 4 is 5.97 Å². The van der Waals surface area contributed by atoms with Crippen LogP contribution in [0.5, 0.6) is 0 Å². The Morgan fingerprint density at radius 1 is 1.50 bits per heavy atom. The van der Waals surface area contributed by atoms with E-state index < -0.39 is 0 Å². The maximum atomic E-state index is 10.9. The molecule has 0 aromatic heterocycles. The smallest absolute Gasteiger partial charge is 0.332 e. The Labute approximate surface area is 73.8 Å². The molecule has 0 saturated carbocycles. The Balaban J connectivity index is 3.72. The molecule has 0 amide bonds. The summed E-state index contributed by atoms with van der Waals surface area (Å²) in [5, 5.41) is 3.08. The summed E-state index contributed by atoms with van der Waals surface area (Å²) in [5.41, 5.74) is 0.857. The van der Waals surface area contributed by atoms with Crippen LogP contribution in [0.4, 0.5) is 0 Å². The van der Waals surface area contributed by atoms with Gasteiger partial charge in [0.1, 0.15) is 0 Å². The van der Waals surface area contributed by atoms with Crippen LogP contribution < -0.4 is 5.32 Å². The lowest BCUT2D eigenvalue weighted by molar-refractivity contribution is -0.137. The number of hydrogen-bond donors (Lipinski definition) is 1. The zero-order valence-corrected chi connectivity index (χ0v) is 8.02. The second-order valence-corrected chi connectivity index (χ2v) is 2.51. The zero-order chi connectivity index (χ0) is 9.40. The number of nitrogens with one attached hydrogen (secondary N) is 1. The Hall–Kier alpha value is -0.990. The average Bonchev–Trinajstić information content (AvgIpc) is 2.01. The van der Waals surface area contributed by atoms with Gasteiger partial charge in [-0.2, -0.15) is 0 Å². The van der Waals surface area contributed by atoms with Gasteiger partial charge in [0.05, 0.1) is 6.61 Å². The lowest BCUT2D eigenvalue weighted by atomic mass is 10.4. The molecule has 0 spiro atoms. The van der Waals surface area contributed by atoms with Crippen LogP contribution in [-0.2, 0) is 9.53 Å².